The zero-order valence-corrected chi connectivity index (χ0v) is 14.0. The Morgan fingerprint density at radius 1 is 1.24 bits per heavy atom. The monoisotopic (exact) mass is 354 g/mol. The fourth-order valence-corrected chi connectivity index (χ4v) is 2.66. The third kappa shape index (κ3) is 3.29. The van der Waals surface area contributed by atoms with E-state index in [-0.39, 0.29) is 0 Å². The summed E-state index contributed by atoms with van der Waals surface area (Å²) < 4.78 is 13.4. The SMILES string of the molecule is CCCc1c(N)nnn1Cc1cc(OC)c(Br)cc1OC. The molecule has 6 nitrogen and oxygen atoms in total. The van der Waals surface area contributed by atoms with Crippen LogP contribution in [0.5, 0.6) is 11.5 Å². The van der Waals surface area contributed by atoms with Crippen molar-refractivity contribution in [1.82, 2.24) is 15.0 Å². The molecule has 0 amide bonds. The van der Waals surface area contributed by atoms with Crippen molar-refractivity contribution in [2.24, 2.45) is 0 Å². The Labute approximate surface area is 132 Å². The average Bonchev–Trinajstić information content (AvgIpc) is 2.82. The molecule has 0 fully saturated rings. The van der Waals surface area contributed by atoms with Crippen LogP contribution in [0.25, 0.3) is 0 Å². The Morgan fingerprint density at radius 3 is 2.57 bits per heavy atom. The lowest BCUT2D eigenvalue weighted by Crippen LogP contribution is -2.09. The van der Waals surface area contributed by atoms with E-state index in [0.717, 1.165) is 40.1 Å². The molecule has 2 aromatic rings. The zero-order chi connectivity index (χ0) is 15.4. The molecule has 0 spiro atoms. The Balaban J connectivity index is 2.39. The molecule has 0 aliphatic carbocycles. The smallest absolute Gasteiger partial charge is 0.169 e. The van der Waals surface area contributed by atoms with Gasteiger partial charge in [-0.3, -0.25) is 0 Å². The topological polar surface area (TPSA) is 75.2 Å². The summed E-state index contributed by atoms with van der Waals surface area (Å²) in [5, 5.41) is 8.07. The molecule has 0 bridgehead atoms. The lowest BCUT2D eigenvalue weighted by Gasteiger charge is -2.13. The molecule has 0 aliphatic heterocycles. The van der Waals surface area contributed by atoms with E-state index in [1.165, 1.54) is 0 Å². The average molecular weight is 355 g/mol. The summed E-state index contributed by atoms with van der Waals surface area (Å²) in [5.74, 6) is 2.00. The summed E-state index contributed by atoms with van der Waals surface area (Å²) in [5.41, 5.74) is 7.78. The minimum absolute atomic E-state index is 0.486. The molecule has 1 aromatic carbocycles. The van der Waals surface area contributed by atoms with Crippen LogP contribution in [0, 0.1) is 0 Å². The van der Waals surface area contributed by atoms with Crippen LogP contribution < -0.4 is 15.2 Å². The number of nitrogens with zero attached hydrogens (tertiary/aromatic N) is 3. The summed E-state index contributed by atoms with van der Waals surface area (Å²) in [6, 6.07) is 3.81. The van der Waals surface area contributed by atoms with Crippen LogP contribution in [-0.2, 0) is 13.0 Å². The molecule has 1 heterocycles. The zero-order valence-electron chi connectivity index (χ0n) is 12.4. The first kappa shape index (κ1) is 15.6. The Morgan fingerprint density at radius 2 is 1.95 bits per heavy atom. The number of nitrogens with two attached hydrogens (primary N) is 1. The first-order valence-electron chi connectivity index (χ1n) is 6.68. The first-order valence-corrected chi connectivity index (χ1v) is 7.48. The minimum Gasteiger partial charge on any atom is -0.496 e. The molecular weight excluding hydrogens is 336 g/mol. The molecule has 114 valence electrons. The van der Waals surface area contributed by atoms with Gasteiger partial charge in [0.2, 0.25) is 0 Å². The van der Waals surface area contributed by atoms with E-state index in [2.05, 4.69) is 33.2 Å². The second-order valence-electron chi connectivity index (χ2n) is 4.63. The third-order valence-electron chi connectivity index (χ3n) is 3.23. The van der Waals surface area contributed by atoms with Gasteiger partial charge in [-0.1, -0.05) is 18.6 Å². The van der Waals surface area contributed by atoms with Crippen molar-refractivity contribution in [3.05, 3.63) is 27.9 Å². The molecule has 7 heteroatoms. The summed E-state index contributed by atoms with van der Waals surface area (Å²) in [6.07, 6.45) is 1.83. The predicted octanol–water partition coefficient (Wildman–Crippen LogP) is 2.64. The number of aromatic nitrogens is 3. The summed E-state index contributed by atoms with van der Waals surface area (Å²) in [7, 11) is 3.27. The van der Waals surface area contributed by atoms with E-state index in [4.69, 9.17) is 15.2 Å². The second-order valence-corrected chi connectivity index (χ2v) is 5.48. The van der Waals surface area contributed by atoms with Crippen LogP contribution in [0.2, 0.25) is 0 Å². The lowest BCUT2D eigenvalue weighted by molar-refractivity contribution is 0.394. The van der Waals surface area contributed by atoms with Gasteiger partial charge in [0, 0.05) is 5.56 Å². The van der Waals surface area contributed by atoms with Gasteiger partial charge in [0.05, 0.1) is 30.9 Å². The number of benzene rings is 1. The molecule has 0 radical (unpaired) electrons. The van der Waals surface area contributed by atoms with Gasteiger partial charge in [0.25, 0.3) is 0 Å². The highest BCUT2D eigenvalue weighted by atomic mass is 79.9. The highest BCUT2D eigenvalue weighted by Gasteiger charge is 2.14. The van der Waals surface area contributed by atoms with Crippen LogP contribution in [0.15, 0.2) is 16.6 Å². The van der Waals surface area contributed by atoms with Gasteiger partial charge < -0.3 is 15.2 Å². The number of halogens is 1. The van der Waals surface area contributed by atoms with E-state index in [1.807, 2.05) is 16.8 Å². The van der Waals surface area contributed by atoms with Crippen LogP contribution >= 0.6 is 15.9 Å². The number of nitrogen functional groups attached to an aromatic ring is 1. The fraction of sp³-hybridized carbons (Fsp3) is 0.429. The second kappa shape index (κ2) is 6.80. The van der Waals surface area contributed by atoms with Crippen molar-refractivity contribution >= 4 is 21.7 Å². The van der Waals surface area contributed by atoms with Crippen molar-refractivity contribution < 1.29 is 9.47 Å². The minimum atomic E-state index is 0.486. The molecule has 0 atom stereocenters. The highest BCUT2D eigenvalue weighted by Crippen LogP contribution is 2.33. The quantitative estimate of drug-likeness (QED) is 0.862. The predicted molar refractivity (Wildman–Crippen MR) is 84.8 cm³/mol. The van der Waals surface area contributed by atoms with Crippen molar-refractivity contribution in [2.75, 3.05) is 20.0 Å². The van der Waals surface area contributed by atoms with E-state index in [9.17, 15) is 0 Å². The summed E-state index contributed by atoms with van der Waals surface area (Å²) in [6.45, 7) is 2.63. The molecule has 2 rings (SSSR count). The maximum atomic E-state index is 5.87. The van der Waals surface area contributed by atoms with Gasteiger partial charge in [-0.15, -0.1) is 5.10 Å². The molecule has 2 N–H and O–H groups in total. The highest BCUT2D eigenvalue weighted by molar-refractivity contribution is 9.10. The molecular formula is C14H19BrN4O2. The normalized spacial score (nSPS) is 10.7. The Bertz CT molecular complexity index is 628. The fourth-order valence-electron chi connectivity index (χ4n) is 2.18. The summed E-state index contributed by atoms with van der Waals surface area (Å²) in [4.78, 5) is 0. The van der Waals surface area contributed by atoms with Crippen molar-refractivity contribution in [1.29, 1.82) is 0 Å². The molecule has 0 aliphatic rings. The standard InChI is InChI=1S/C14H19BrN4O2/c1-4-5-11-14(16)17-18-19(11)8-9-6-13(21-3)10(15)7-12(9)20-2/h6-7H,4-5,8,16H2,1-3H3. The lowest BCUT2D eigenvalue weighted by atomic mass is 10.1. The van der Waals surface area contributed by atoms with Gasteiger partial charge in [-0.05, 0) is 34.5 Å². The summed E-state index contributed by atoms with van der Waals surface area (Å²) >= 11 is 3.45. The van der Waals surface area contributed by atoms with Gasteiger partial charge in [0.15, 0.2) is 5.82 Å². The molecule has 0 saturated carbocycles. The van der Waals surface area contributed by atoms with Crippen molar-refractivity contribution in [3.63, 3.8) is 0 Å². The van der Waals surface area contributed by atoms with E-state index < -0.39 is 0 Å². The third-order valence-corrected chi connectivity index (χ3v) is 3.85. The largest absolute Gasteiger partial charge is 0.496 e. The number of methoxy groups -OCH3 is 2. The maximum absolute atomic E-state index is 5.87. The number of rotatable bonds is 6. The Hall–Kier alpha value is -1.76. The van der Waals surface area contributed by atoms with Crippen LogP contribution in [0.3, 0.4) is 0 Å². The van der Waals surface area contributed by atoms with Gasteiger partial charge in [-0.2, -0.15) is 0 Å². The van der Waals surface area contributed by atoms with Crippen molar-refractivity contribution in [2.45, 2.75) is 26.3 Å². The van der Waals surface area contributed by atoms with Gasteiger partial charge in [0.1, 0.15) is 11.5 Å². The number of ether oxygens (including phenoxy) is 2. The molecule has 1 aromatic heterocycles. The van der Waals surface area contributed by atoms with Gasteiger partial charge >= 0.3 is 0 Å². The number of hydrogen-bond acceptors (Lipinski definition) is 5. The van der Waals surface area contributed by atoms with E-state index in [0.29, 0.717) is 12.4 Å². The Kier molecular flexibility index (Phi) is 5.06. The molecule has 0 unspecified atom stereocenters. The van der Waals surface area contributed by atoms with E-state index in [1.54, 1.807) is 14.2 Å². The molecule has 0 saturated heterocycles. The van der Waals surface area contributed by atoms with Crippen LogP contribution in [0.4, 0.5) is 5.82 Å². The van der Waals surface area contributed by atoms with Crippen LogP contribution in [0.1, 0.15) is 24.6 Å². The molecule has 21 heavy (non-hydrogen) atoms. The van der Waals surface area contributed by atoms with Crippen LogP contribution in [-0.4, -0.2) is 29.2 Å². The van der Waals surface area contributed by atoms with E-state index >= 15 is 0 Å². The van der Waals surface area contributed by atoms with Crippen molar-refractivity contribution in [3.8, 4) is 11.5 Å². The number of anilines is 1. The number of hydrogen-bond donors (Lipinski definition) is 1. The first-order chi connectivity index (χ1) is 10.1. The maximum Gasteiger partial charge on any atom is 0.169 e. The van der Waals surface area contributed by atoms with Gasteiger partial charge in [-0.25, -0.2) is 4.68 Å².